The van der Waals surface area contributed by atoms with Crippen LogP contribution in [0.2, 0.25) is 5.15 Å². The molecular formula is C14H11ClN2O. The number of rotatable bonds is 1. The molecule has 3 rings (SSSR count). The number of fused-ring (bicyclic) bond motifs is 1. The van der Waals surface area contributed by atoms with E-state index >= 15 is 0 Å². The molecule has 0 saturated carbocycles. The van der Waals surface area contributed by atoms with Crippen LogP contribution < -0.4 is 4.90 Å². The summed E-state index contributed by atoms with van der Waals surface area (Å²) < 4.78 is 0. The first-order chi connectivity index (χ1) is 8.75. The molecule has 0 radical (unpaired) electrons. The second-order valence-corrected chi connectivity index (χ2v) is 4.57. The molecule has 3 nitrogen and oxygen atoms in total. The summed E-state index contributed by atoms with van der Waals surface area (Å²) in [6.07, 6.45) is 0.891. The van der Waals surface area contributed by atoms with Crippen molar-refractivity contribution < 1.29 is 4.79 Å². The van der Waals surface area contributed by atoms with Gasteiger partial charge in [0.15, 0.2) is 0 Å². The Morgan fingerprint density at radius 2 is 2.00 bits per heavy atom. The van der Waals surface area contributed by atoms with Gasteiger partial charge in [-0.2, -0.15) is 0 Å². The fraction of sp³-hybridized carbons (Fsp3) is 0.143. The first-order valence-corrected chi connectivity index (χ1v) is 6.16. The Morgan fingerprint density at radius 1 is 1.17 bits per heavy atom. The molecule has 0 saturated heterocycles. The number of para-hydroxylation sites is 1. The van der Waals surface area contributed by atoms with Crippen LogP contribution in [0.1, 0.15) is 16.1 Å². The maximum Gasteiger partial charge on any atom is 0.276 e. The van der Waals surface area contributed by atoms with Gasteiger partial charge < -0.3 is 4.90 Å². The number of hydrogen-bond acceptors (Lipinski definition) is 2. The molecule has 0 aliphatic carbocycles. The van der Waals surface area contributed by atoms with E-state index in [1.807, 2.05) is 24.3 Å². The summed E-state index contributed by atoms with van der Waals surface area (Å²) in [5.74, 6) is -0.0950. The molecule has 2 aromatic rings. The van der Waals surface area contributed by atoms with Crippen LogP contribution in [0.15, 0.2) is 42.5 Å². The number of amides is 1. The average molecular weight is 259 g/mol. The van der Waals surface area contributed by atoms with E-state index in [0.717, 1.165) is 12.1 Å². The van der Waals surface area contributed by atoms with Crippen LogP contribution in [-0.4, -0.2) is 17.4 Å². The second-order valence-electron chi connectivity index (χ2n) is 4.18. The monoisotopic (exact) mass is 258 g/mol. The minimum absolute atomic E-state index is 0.0950. The zero-order valence-corrected chi connectivity index (χ0v) is 10.4. The average Bonchev–Trinajstić information content (AvgIpc) is 2.82. The fourth-order valence-corrected chi connectivity index (χ4v) is 2.38. The number of carbonyl (C=O) groups excluding carboxylic acids is 1. The molecule has 0 spiro atoms. The Morgan fingerprint density at radius 3 is 2.83 bits per heavy atom. The highest BCUT2D eigenvalue weighted by atomic mass is 35.5. The van der Waals surface area contributed by atoms with Gasteiger partial charge in [-0.15, -0.1) is 0 Å². The molecule has 0 unspecified atom stereocenters. The largest absolute Gasteiger partial charge is 0.306 e. The zero-order valence-electron chi connectivity index (χ0n) is 9.64. The molecule has 0 atom stereocenters. The summed E-state index contributed by atoms with van der Waals surface area (Å²) in [5.41, 5.74) is 2.57. The van der Waals surface area contributed by atoms with Gasteiger partial charge in [-0.25, -0.2) is 4.98 Å². The van der Waals surface area contributed by atoms with Crippen molar-refractivity contribution in [2.45, 2.75) is 6.42 Å². The predicted molar refractivity (Wildman–Crippen MR) is 71.1 cm³/mol. The summed E-state index contributed by atoms with van der Waals surface area (Å²) in [5, 5.41) is 0.341. The Balaban J connectivity index is 1.96. The van der Waals surface area contributed by atoms with E-state index in [1.165, 1.54) is 5.56 Å². The van der Waals surface area contributed by atoms with Gasteiger partial charge in [0.25, 0.3) is 5.91 Å². The van der Waals surface area contributed by atoms with E-state index in [4.69, 9.17) is 11.6 Å². The Kier molecular flexibility index (Phi) is 2.76. The van der Waals surface area contributed by atoms with Gasteiger partial charge in [-0.05, 0) is 30.2 Å². The first-order valence-electron chi connectivity index (χ1n) is 5.78. The van der Waals surface area contributed by atoms with Crippen LogP contribution in [-0.2, 0) is 6.42 Å². The third kappa shape index (κ3) is 1.87. The number of halogens is 1. The highest BCUT2D eigenvalue weighted by Crippen LogP contribution is 2.28. The molecule has 18 heavy (non-hydrogen) atoms. The quantitative estimate of drug-likeness (QED) is 0.737. The van der Waals surface area contributed by atoms with Crippen molar-refractivity contribution in [2.75, 3.05) is 11.4 Å². The number of benzene rings is 1. The Hall–Kier alpha value is -1.87. The van der Waals surface area contributed by atoms with Crippen molar-refractivity contribution in [1.29, 1.82) is 0 Å². The second kappa shape index (κ2) is 4.42. The molecule has 90 valence electrons. The summed E-state index contributed by atoms with van der Waals surface area (Å²) in [4.78, 5) is 18.2. The lowest BCUT2D eigenvalue weighted by Gasteiger charge is -2.16. The van der Waals surface area contributed by atoms with Gasteiger partial charge in [-0.1, -0.05) is 35.9 Å². The predicted octanol–water partition coefficient (Wildman–Crippen LogP) is 2.94. The summed E-state index contributed by atoms with van der Waals surface area (Å²) in [7, 11) is 0. The number of anilines is 1. The third-order valence-corrected chi connectivity index (χ3v) is 3.28. The maximum absolute atomic E-state index is 12.4. The van der Waals surface area contributed by atoms with Gasteiger partial charge in [0, 0.05) is 12.2 Å². The molecule has 0 fully saturated rings. The summed E-state index contributed by atoms with van der Waals surface area (Å²) in [6.45, 7) is 0.701. The SMILES string of the molecule is O=C(c1cccc(Cl)n1)N1CCc2ccccc21. The van der Waals surface area contributed by atoms with Gasteiger partial charge in [-0.3, -0.25) is 4.79 Å². The molecule has 1 aliphatic rings. The van der Waals surface area contributed by atoms with Crippen molar-refractivity contribution >= 4 is 23.2 Å². The van der Waals surface area contributed by atoms with Crippen LogP contribution >= 0.6 is 11.6 Å². The number of carbonyl (C=O) groups is 1. The molecule has 0 N–H and O–H groups in total. The van der Waals surface area contributed by atoms with Crippen molar-refractivity contribution in [2.24, 2.45) is 0 Å². The minimum Gasteiger partial charge on any atom is -0.306 e. The van der Waals surface area contributed by atoms with E-state index in [9.17, 15) is 4.79 Å². The minimum atomic E-state index is -0.0950. The summed E-state index contributed by atoms with van der Waals surface area (Å²) in [6, 6.07) is 13.0. The lowest BCUT2D eigenvalue weighted by atomic mass is 10.2. The molecule has 1 amide bonds. The van der Waals surface area contributed by atoms with E-state index in [2.05, 4.69) is 4.98 Å². The molecule has 1 aliphatic heterocycles. The highest BCUT2D eigenvalue weighted by Gasteiger charge is 2.25. The van der Waals surface area contributed by atoms with Crippen molar-refractivity contribution in [3.8, 4) is 0 Å². The molecule has 2 heterocycles. The highest BCUT2D eigenvalue weighted by molar-refractivity contribution is 6.29. The lowest BCUT2D eigenvalue weighted by Crippen LogP contribution is -2.29. The van der Waals surface area contributed by atoms with Crippen molar-refractivity contribution in [3.63, 3.8) is 0 Å². The topological polar surface area (TPSA) is 33.2 Å². The van der Waals surface area contributed by atoms with Crippen molar-refractivity contribution in [3.05, 3.63) is 58.9 Å². The zero-order chi connectivity index (χ0) is 12.5. The van der Waals surface area contributed by atoms with E-state index < -0.39 is 0 Å². The maximum atomic E-state index is 12.4. The molecule has 1 aromatic carbocycles. The van der Waals surface area contributed by atoms with Crippen LogP contribution in [0.25, 0.3) is 0 Å². The molecule has 1 aromatic heterocycles. The van der Waals surface area contributed by atoms with Crippen LogP contribution in [0.3, 0.4) is 0 Å². The van der Waals surface area contributed by atoms with Crippen molar-refractivity contribution in [1.82, 2.24) is 4.98 Å². The van der Waals surface area contributed by atoms with Crippen LogP contribution in [0.4, 0.5) is 5.69 Å². The van der Waals surface area contributed by atoms with E-state index in [0.29, 0.717) is 17.4 Å². The number of pyridine rings is 1. The van der Waals surface area contributed by atoms with Crippen LogP contribution in [0, 0.1) is 0 Å². The first kappa shape index (κ1) is 11.2. The van der Waals surface area contributed by atoms with Gasteiger partial charge in [0.1, 0.15) is 10.8 Å². The number of aromatic nitrogens is 1. The van der Waals surface area contributed by atoms with Gasteiger partial charge in [0.2, 0.25) is 0 Å². The normalized spacial score (nSPS) is 13.5. The molecule has 0 bridgehead atoms. The Labute approximate surface area is 110 Å². The third-order valence-electron chi connectivity index (χ3n) is 3.07. The number of nitrogens with zero attached hydrogens (tertiary/aromatic N) is 2. The van der Waals surface area contributed by atoms with Gasteiger partial charge >= 0.3 is 0 Å². The fourth-order valence-electron chi connectivity index (χ4n) is 2.21. The molecule has 4 heteroatoms. The Bertz CT molecular complexity index is 612. The lowest BCUT2D eigenvalue weighted by molar-refractivity contribution is 0.0984. The molecular weight excluding hydrogens is 248 g/mol. The van der Waals surface area contributed by atoms with E-state index in [-0.39, 0.29) is 5.91 Å². The summed E-state index contributed by atoms with van der Waals surface area (Å²) >= 11 is 5.81. The van der Waals surface area contributed by atoms with E-state index in [1.54, 1.807) is 23.1 Å². The van der Waals surface area contributed by atoms with Crippen LogP contribution in [0.5, 0.6) is 0 Å². The standard InChI is InChI=1S/C14H11ClN2O/c15-13-7-3-5-11(16-13)14(18)17-9-8-10-4-1-2-6-12(10)17/h1-7H,8-9H2. The number of hydrogen-bond donors (Lipinski definition) is 0. The smallest absolute Gasteiger partial charge is 0.276 e. The van der Waals surface area contributed by atoms with Gasteiger partial charge in [0.05, 0.1) is 0 Å².